The van der Waals surface area contributed by atoms with Crippen LogP contribution in [0, 0.1) is 0 Å². The van der Waals surface area contributed by atoms with Gasteiger partial charge in [-0.3, -0.25) is 4.90 Å². The number of likely N-dealkylation sites (N-methyl/N-ethyl adjacent to an activating group) is 1. The maximum Gasteiger partial charge on any atom is 0.330 e. The molecular formula is C13H22FNO3. The van der Waals surface area contributed by atoms with Gasteiger partial charge in [-0.2, -0.15) is 0 Å². The monoisotopic (exact) mass is 259 g/mol. The quantitative estimate of drug-likeness (QED) is 0.395. The van der Waals surface area contributed by atoms with Gasteiger partial charge < -0.3 is 9.47 Å². The number of allylic oxidation sites excluding steroid dienone is 1. The number of carbonyl (C=O) groups excluding carboxylic acids is 1. The second-order valence-corrected chi connectivity index (χ2v) is 4.57. The van der Waals surface area contributed by atoms with E-state index in [1.54, 1.807) is 6.08 Å². The van der Waals surface area contributed by atoms with E-state index in [2.05, 4.69) is 4.74 Å². The van der Waals surface area contributed by atoms with E-state index in [1.807, 2.05) is 11.9 Å². The third-order valence-electron chi connectivity index (χ3n) is 3.06. The molecule has 0 unspecified atom stereocenters. The van der Waals surface area contributed by atoms with Crippen LogP contribution in [0.4, 0.5) is 4.39 Å². The molecule has 1 aliphatic rings. The van der Waals surface area contributed by atoms with Crippen molar-refractivity contribution in [3.8, 4) is 0 Å². The second kappa shape index (κ2) is 8.21. The average molecular weight is 259 g/mol. The summed E-state index contributed by atoms with van der Waals surface area (Å²) in [5, 5.41) is 0. The Labute approximate surface area is 108 Å². The van der Waals surface area contributed by atoms with E-state index in [0.717, 1.165) is 12.8 Å². The Morgan fingerprint density at radius 2 is 2.33 bits per heavy atom. The first-order valence-corrected chi connectivity index (χ1v) is 6.30. The van der Waals surface area contributed by atoms with Gasteiger partial charge in [-0.05, 0) is 26.3 Å². The van der Waals surface area contributed by atoms with Crippen LogP contribution in [0.2, 0.25) is 0 Å². The van der Waals surface area contributed by atoms with Crippen LogP contribution in [0.15, 0.2) is 12.2 Å². The van der Waals surface area contributed by atoms with Crippen LogP contribution in [0.25, 0.3) is 0 Å². The number of likely N-dealkylation sites (tertiary alicyclic amines) is 1. The van der Waals surface area contributed by atoms with Crippen LogP contribution < -0.4 is 0 Å². The minimum atomic E-state index is -0.716. The highest BCUT2D eigenvalue weighted by molar-refractivity contribution is 5.81. The van der Waals surface area contributed by atoms with Gasteiger partial charge in [0, 0.05) is 25.3 Å². The highest BCUT2D eigenvalue weighted by atomic mass is 19.1. The molecule has 2 atom stereocenters. The molecule has 5 heteroatoms. The number of alkyl halides is 1. The van der Waals surface area contributed by atoms with Gasteiger partial charge in [0.25, 0.3) is 0 Å². The lowest BCUT2D eigenvalue weighted by Crippen LogP contribution is -2.29. The summed E-state index contributed by atoms with van der Waals surface area (Å²) in [6, 6.07) is 0.200. The Morgan fingerprint density at radius 3 is 2.94 bits per heavy atom. The first kappa shape index (κ1) is 15.1. The number of halogens is 1. The molecule has 104 valence electrons. The number of carbonyl (C=O) groups is 1. The van der Waals surface area contributed by atoms with Gasteiger partial charge in [-0.1, -0.05) is 6.08 Å². The van der Waals surface area contributed by atoms with Crippen LogP contribution in [-0.2, 0) is 14.3 Å². The van der Waals surface area contributed by atoms with Gasteiger partial charge in [0.1, 0.15) is 6.17 Å². The number of ether oxygens (including phenoxy) is 2. The number of unbranched alkanes of at least 4 members (excludes halogenated alkanes) is 1. The lowest BCUT2D eigenvalue weighted by molar-refractivity contribution is -0.134. The van der Waals surface area contributed by atoms with Gasteiger partial charge in [0.05, 0.1) is 13.7 Å². The zero-order valence-electron chi connectivity index (χ0n) is 11.1. The summed E-state index contributed by atoms with van der Waals surface area (Å²) in [5.74, 6) is -0.336. The first-order chi connectivity index (χ1) is 8.63. The molecule has 0 saturated carbocycles. The maximum absolute atomic E-state index is 13.1. The molecule has 0 N–H and O–H groups in total. The van der Waals surface area contributed by atoms with E-state index in [0.29, 0.717) is 26.2 Å². The van der Waals surface area contributed by atoms with E-state index < -0.39 is 6.17 Å². The van der Waals surface area contributed by atoms with Crippen LogP contribution in [-0.4, -0.2) is 57.0 Å². The summed E-state index contributed by atoms with van der Waals surface area (Å²) in [6.45, 7) is 1.72. The molecule has 0 bridgehead atoms. The molecule has 1 saturated heterocycles. The highest BCUT2D eigenvalue weighted by Crippen LogP contribution is 2.18. The third kappa shape index (κ3) is 5.60. The molecule has 0 radical (unpaired) electrons. The minimum Gasteiger partial charge on any atom is -0.466 e. The normalized spacial score (nSPS) is 24.8. The molecule has 4 nitrogen and oxygen atoms in total. The van der Waals surface area contributed by atoms with Crippen LogP contribution in [0.5, 0.6) is 0 Å². The fourth-order valence-electron chi connectivity index (χ4n) is 1.98. The lowest BCUT2D eigenvalue weighted by atomic mass is 10.2. The third-order valence-corrected chi connectivity index (χ3v) is 3.06. The van der Waals surface area contributed by atoms with Crippen molar-refractivity contribution in [2.75, 3.05) is 33.9 Å². The average Bonchev–Trinajstić information content (AvgIpc) is 2.66. The zero-order valence-corrected chi connectivity index (χ0v) is 11.1. The maximum atomic E-state index is 13.1. The van der Waals surface area contributed by atoms with Crippen molar-refractivity contribution in [2.24, 2.45) is 0 Å². The van der Waals surface area contributed by atoms with Crippen molar-refractivity contribution in [2.45, 2.75) is 31.5 Å². The molecule has 18 heavy (non-hydrogen) atoms. The molecule has 0 amide bonds. The molecule has 0 aromatic carbocycles. The van der Waals surface area contributed by atoms with Crippen molar-refractivity contribution in [3.05, 3.63) is 12.2 Å². The van der Waals surface area contributed by atoms with Gasteiger partial charge in [-0.15, -0.1) is 0 Å². The SMILES string of the molecule is COC(=O)/C=C/CCCOC[C@@H]1C[C@H](F)CN1C. The molecule has 1 fully saturated rings. The predicted octanol–water partition coefficient (Wildman–Crippen LogP) is 1.55. The lowest BCUT2D eigenvalue weighted by Gasteiger charge is -2.18. The molecular weight excluding hydrogens is 237 g/mol. The molecule has 1 aliphatic heterocycles. The summed E-state index contributed by atoms with van der Waals surface area (Å²) in [7, 11) is 3.28. The molecule has 0 aromatic rings. The Bertz CT molecular complexity index is 283. The van der Waals surface area contributed by atoms with Crippen molar-refractivity contribution in [1.82, 2.24) is 4.90 Å². The second-order valence-electron chi connectivity index (χ2n) is 4.57. The van der Waals surface area contributed by atoms with Gasteiger partial charge >= 0.3 is 5.97 Å². The molecule has 0 aliphatic carbocycles. The summed E-state index contributed by atoms with van der Waals surface area (Å²) in [4.78, 5) is 12.8. The largest absolute Gasteiger partial charge is 0.466 e. The number of hydrogen-bond acceptors (Lipinski definition) is 4. The van der Waals surface area contributed by atoms with Crippen molar-refractivity contribution in [3.63, 3.8) is 0 Å². The smallest absolute Gasteiger partial charge is 0.330 e. The number of rotatable bonds is 7. The van der Waals surface area contributed by atoms with Crippen molar-refractivity contribution >= 4 is 5.97 Å². The topological polar surface area (TPSA) is 38.8 Å². The van der Waals surface area contributed by atoms with Crippen molar-refractivity contribution < 1.29 is 18.7 Å². The number of methoxy groups -OCH3 is 1. The summed E-state index contributed by atoms with van der Waals surface area (Å²) in [5.41, 5.74) is 0. The molecule has 0 spiro atoms. The molecule has 1 rings (SSSR count). The number of esters is 1. The Morgan fingerprint density at radius 1 is 1.56 bits per heavy atom. The zero-order chi connectivity index (χ0) is 13.4. The van der Waals surface area contributed by atoms with Crippen LogP contribution >= 0.6 is 0 Å². The Balaban J connectivity index is 1.99. The Hall–Kier alpha value is -0.940. The predicted molar refractivity (Wildman–Crippen MR) is 67.1 cm³/mol. The summed E-state index contributed by atoms with van der Waals surface area (Å²) in [6.07, 6.45) is 4.67. The fourth-order valence-corrected chi connectivity index (χ4v) is 1.98. The van der Waals surface area contributed by atoms with Gasteiger partial charge in [0.15, 0.2) is 0 Å². The fraction of sp³-hybridized carbons (Fsp3) is 0.769. The van der Waals surface area contributed by atoms with E-state index in [1.165, 1.54) is 13.2 Å². The Kier molecular flexibility index (Phi) is 6.90. The number of nitrogens with zero attached hydrogens (tertiary/aromatic N) is 1. The van der Waals surface area contributed by atoms with E-state index in [-0.39, 0.29) is 12.0 Å². The molecule has 0 aromatic heterocycles. The standard InChI is InChI=1S/C13H22FNO3/c1-15-9-11(14)8-12(15)10-18-7-5-3-4-6-13(16)17-2/h4,6,11-12H,3,5,7-10H2,1-2H3/b6-4+/t11-,12-/m0/s1. The van der Waals surface area contributed by atoms with Crippen molar-refractivity contribution in [1.29, 1.82) is 0 Å². The van der Waals surface area contributed by atoms with Gasteiger partial charge in [0.2, 0.25) is 0 Å². The minimum absolute atomic E-state index is 0.200. The van der Waals surface area contributed by atoms with E-state index in [9.17, 15) is 9.18 Å². The van der Waals surface area contributed by atoms with E-state index in [4.69, 9.17) is 4.74 Å². The summed E-state index contributed by atoms with van der Waals surface area (Å²) >= 11 is 0. The highest BCUT2D eigenvalue weighted by Gasteiger charge is 2.28. The van der Waals surface area contributed by atoms with Crippen LogP contribution in [0.3, 0.4) is 0 Å². The van der Waals surface area contributed by atoms with Gasteiger partial charge in [-0.25, -0.2) is 9.18 Å². The number of hydrogen-bond donors (Lipinski definition) is 0. The van der Waals surface area contributed by atoms with E-state index >= 15 is 0 Å². The first-order valence-electron chi connectivity index (χ1n) is 6.30. The summed E-state index contributed by atoms with van der Waals surface area (Å²) < 4.78 is 23.0. The van der Waals surface area contributed by atoms with Crippen LogP contribution in [0.1, 0.15) is 19.3 Å². The molecule has 1 heterocycles.